The molecule has 144 valence electrons. The highest BCUT2D eigenvalue weighted by Gasteiger charge is 2.35. The van der Waals surface area contributed by atoms with E-state index < -0.39 is 6.04 Å². The smallest absolute Gasteiger partial charge is 0.224 e. The molecule has 2 aromatic rings. The lowest BCUT2D eigenvalue weighted by molar-refractivity contribution is -0.121. The third-order valence-electron chi connectivity index (χ3n) is 4.71. The van der Waals surface area contributed by atoms with Crippen molar-refractivity contribution in [3.63, 3.8) is 0 Å². The lowest BCUT2D eigenvalue weighted by atomic mass is 9.91. The molecule has 0 spiro atoms. The molecule has 1 atom stereocenters. The van der Waals surface area contributed by atoms with Gasteiger partial charge in [0, 0.05) is 17.9 Å². The van der Waals surface area contributed by atoms with Crippen molar-refractivity contribution in [2.75, 3.05) is 13.2 Å². The van der Waals surface area contributed by atoms with Gasteiger partial charge in [-0.05, 0) is 41.8 Å². The number of fused-ring (bicyclic) bond motifs is 1. The molecule has 0 saturated carbocycles. The van der Waals surface area contributed by atoms with Gasteiger partial charge in [0.05, 0.1) is 25.7 Å². The third-order valence-corrected chi connectivity index (χ3v) is 4.96. The molecule has 3 rings (SSSR count). The summed E-state index contributed by atoms with van der Waals surface area (Å²) in [7, 11) is 0. The largest absolute Gasteiger partial charge is 0.487 e. The van der Waals surface area contributed by atoms with E-state index in [-0.39, 0.29) is 31.1 Å². The number of hydrogen-bond donors (Lipinski definition) is 3. The molecule has 5 nitrogen and oxygen atoms in total. The number of hydrogen-bond acceptors (Lipinski definition) is 4. The van der Waals surface area contributed by atoms with Gasteiger partial charge in [0.15, 0.2) is 0 Å². The summed E-state index contributed by atoms with van der Waals surface area (Å²) < 4.78 is 6.19. The fraction of sp³-hybridized carbons (Fsp3) is 0.381. The van der Waals surface area contributed by atoms with Gasteiger partial charge in [-0.1, -0.05) is 35.9 Å². The average molecular weight is 390 g/mol. The second kappa shape index (κ2) is 8.30. The summed E-state index contributed by atoms with van der Waals surface area (Å²) in [6.45, 7) is 1.51. The first-order valence-corrected chi connectivity index (χ1v) is 9.35. The van der Waals surface area contributed by atoms with Crippen LogP contribution in [0.1, 0.15) is 23.6 Å². The zero-order valence-corrected chi connectivity index (χ0v) is 16.0. The van der Waals surface area contributed by atoms with Crippen molar-refractivity contribution < 1.29 is 19.7 Å². The van der Waals surface area contributed by atoms with Crippen LogP contribution in [0.4, 0.5) is 0 Å². The number of amides is 1. The maximum Gasteiger partial charge on any atom is 0.224 e. The Hall–Kier alpha value is -2.08. The Labute approximate surface area is 163 Å². The van der Waals surface area contributed by atoms with Gasteiger partial charge in [0.2, 0.25) is 5.91 Å². The van der Waals surface area contributed by atoms with E-state index in [1.165, 1.54) is 0 Å². The molecule has 3 N–H and O–H groups in total. The lowest BCUT2D eigenvalue weighted by Crippen LogP contribution is -2.40. The molecule has 0 aliphatic carbocycles. The summed E-state index contributed by atoms with van der Waals surface area (Å²) in [6, 6.07) is 12.9. The van der Waals surface area contributed by atoms with Gasteiger partial charge in [-0.2, -0.15) is 0 Å². The average Bonchev–Trinajstić information content (AvgIpc) is 2.96. The fourth-order valence-corrected chi connectivity index (χ4v) is 3.56. The number of carbonyl (C=O) groups is 1. The molecule has 1 heterocycles. The zero-order chi connectivity index (χ0) is 19.4. The SMILES string of the molecule is CC1(Cc2ccc(Cl)cc2)Cc2cc(CC(=O)NC(CO)CO)ccc2O1. The Kier molecular flexibility index (Phi) is 6.05. The summed E-state index contributed by atoms with van der Waals surface area (Å²) >= 11 is 5.95. The van der Waals surface area contributed by atoms with Crippen LogP contribution < -0.4 is 10.1 Å². The van der Waals surface area contributed by atoms with Crippen LogP contribution in [0.2, 0.25) is 5.02 Å². The molecule has 0 radical (unpaired) electrons. The van der Waals surface area contributed by atoms with Gasteiger partial charge >= 0.3 is 0 Å². The normalized spacial score (nSPS) is 18.3. The standard InChI is InChI=1S/C21H24ClNO4/c1-21(10-14-2-5-17(22)6-3-14)11-16-8-15(4-7-19(16)27-21)9-20(26)23-18(12-24)13-25/h2-8,18,24-25H,9-13H2,1H3,(H,23,26). The van der Waals surface area contributed by atoms with E-state index in [0.29, 0.717) is 5.02 Å². The number of halogens is 1. The topological polar surface area (TPSA) is 78.8 Å². The molecule has 0 saturated heterocycles. The van der Waals surface area contributed by atoms with Crippen molar-refractivity contribution in [3.8, 4) is 5.75 Å². The Morgan fingerprint density at radius 1 is 1.19 bits per heavy atom. The van der Waals surface area contributed by atoms with Crippen LogP contribution in [0.5, 0.6) is 5.75 Å². The van der Waals surface area contributed by atoms with Gasteiger partial charge in [0.25, 0.3) is 0 Å². The Morgan fingerprint density at radius 3 is 2.52 bits per heavy atom. The summed E-state index contributed by atoms with van der Waals surface area (Å²) in [6.07, 6.45) is 1.72. The monoisotopic (exact) mass is 389 g/mol. The summed E-state index contributed by atoms with van der Waals surface area (Å²) in [5.41, 5.74) is 2.78. The number of ether oxygens (including phenoxy) is 1. The van der Waals surface area contributed by atoms with Crippen molar-refractivity contribution in [2.24, 2.45) is 0 Å². The Morgan fingerprint density at radius 2 is 1.85 bits per heavy atom. The zero-order valence-electron chi connectivity index (χ0n) is 15.2. The van der Waals surface area contributed by atoms with E-state index in [1.54, 1.807) is 0 Å². The van der Waals surface area contributed by atoms with Crippen LogP contribution in [0.3, 0.4) is 0 Å². The minimum atomic E-state index is -0.627. The van der Waals surface area contributed by atoms with E-state index in [9.17, 15) is 4.79 Å². The van der Waals surface area contributed by atoms with Crippen molar-refractivity contribution in [1.29, 1.82) is 0 Å². The number of benzene rings is 2. The van der Waals surface area contributed by atoms with Crippen LogP contribution in [0, 0.1) is 0 Å². The molecular weight excluding hydrogens is 366 g/mol. The van der Waals surface area contributed by atoms with E-state index in [2.05, 4.69) is 12.2 Å². The quantitative estimate of drug-likeness (QED) is 0.679. The number of carbonyl (C=O) groups excluding carboxylic acids is 1. The first-order valence-electron chi connectivity index (χ1n) is 8.97. The number of aliphatic hydroxyl groups excluding tert-OH is 2. The minimum Gasteiger partial charge on any atom is -0.487 e. The van der Waals surface area contributed by atoms with Crippen molar-refractivity contribution >= 4 is 17.5 Å². The molecule has 0 aromatic heterocycles. The number of rotatable bonds is 7. The van der Waals surface area contributed by atoms with E-state index in [0.717, 1.165) is 35.3 Å². The van der Waals surface area contributed by atoms with E-state index >= 15 is 0 Å². The van der Waals surface area contributed by atoms with Crippen LogP contribution in [-0.4, -0.2) is 41.0 Å². The Bertz CT molecular complexity index is 804. The van der Waals surface area contributed by atoms with Crippen LogP contribution >= 0.6 is 11.6 Å². The second-order valence-electron chi connectivity index (χ2n) is 7.28. The van der Waals surface area contributed by atoms with Crippen LogP contribution in [0.25, 0.3) is 0 Å². The molecule has 1 aliphatic rings. The maximum absolute atomic E-state index is 12.1. The first-order chi connectivity index (χ1) is 12.9. The van der Waals surface area contributed by atoms with Gasteiger partial charge in [-0.15, -0.1) is 0 Å². The predicted molar refractivity (Wildman–Crippen MR) is 104 cm³/mol. The lowest BCUT2D eigenvalue weighted by Gasteiger charge is -2.24. The summed E-state index contributed by atoms with van der Waals surface area (Å²) in [5.74, 6) is 0.616. The second-order valence-corrected chi connectivity index (χ2v) is 7.72. The predicted octanol–water partition coefficient (Wildman–Crippen LogP) is 2.29. The molecule has 1 amide bonds. The van der Waals surface area contributed by atoms with Gasteiger partial charge in [0.1, 0.15) is 11.4 Å². The molecule has 1 unspecified atom stereocenters. The van der Waals surface area contributed by atoms with Crippen LogP contribution in [-0.2, 0) is 24.1 Å². The van der Waals surface area contributed by atoms with Crippen molar-refractivity contribution in [2.45, 2.75) is 37.8 Å². The molecule has 0 fully saturated rings. The number of nitrogens with one attached hydrogen (secondary N) is 1. The van der Waals surface area contributed by atoms with Crippen LogP contribution in [0.15, 0.2) is 42.5 Å². The summed E-state index contributed by atoms with van der Waals surface area (Å²) in [5, 5.41) is 21.4. The maximum atomic E-state index is 12.1. The highest BCUT2D eigenvalue weighted by molar-refractivity contribution is 6.30. The number of aliphatic hydroxyl groups is 2. The molecule has 2 aromatic carbocycles. The minimum absolute atomic E-state index is 0.192. The molecular formula is C21H24ClNO4. The van der Waals surface area contributed by atoms with Gasteiger partial charge in [-0.25, -0.2) is 0 Å². The van der Waals surface area contributed by atoms with E-state index in [1.807, 2.05) is 42.5 Å². The molecule has 6 heteroatoms. The van der Waals surface area contributed by atoms with Crippen molar-refractivity contribution in [3.05, 3.63) is 64.2 Å². The highest BCUT2D eigenvalue weighted by Crippen LogP contribution is 2.37. The molecule has 1 aliphatic heterocycles. The third kappa shape index (κ3) is 5.01. The molecule has 0 bridgehead atoms. The first kappa shape index (κ1) is 19.7. The Balaban J connectivity index is 1.65. The van der Waals surface area contributed by atoms with Gasteiger partial charge in [-0.3, -0.25) is 4.79 Å². The van der Waals surface area contributed by atoms with E-state index in [4.69, 9.17) is 26.6 Å². The summed E-state index contributed by atoms with van der Waals surface area (Å²) in [4.78, 5) is 12.1. The molecule has 27 heavy (non-hydrogen) atoms. The van der Waals surface area contributed by atoms with Crippen molar-refractivity contribution in [1.82, 2.24) is 5.32 Å². The van der Waals surface area contributed by atoms with Gasteiger partial charge < -0.3 is 20.3 Å². The highest BCUT2D eigenvalue weighted by atomic mass is 35.5. The fourth-order valence-electron chi connectivity index (χ4n) is 3.43.